The van der Waals surface area contributed by atoms with Crippen molar-refractivity contribution in [1.82, 2.24) is 4.98 Å². The summed E-state index contributed by atoms with van der Waals surface area (Å²) in [7, 11) is 0. The minimum atomic E-state index is -3.20. The lowest BCUT2D eigenvalue weighted by molar-refractivity contribution is -0.0555. The molecule has 78 valence electrons. The van der Waals surface area contributed by atoms with Crippen molar-refractivity contribution in [2.45, 2.75) is 5.92 Å². The van der Waals surface area contributed by atoms with Crippen LogP contribution < -0.4 is 0 Å². The fraction of sp³-hybridized carbons (Fsp3) is 0.182. The highest BCUT2D eigenvalue weighted by Crippen LogP contribution is 2.28. The molecule has 15 heavy (non-hydrogen) atoms. The second-order valence-electron chi connectivity index (χ2n) is 3.27. The van der Waals surface area contributed by atoms with Crippen LogP contribution >= 0.6 is 0 Å². The van der Waals surface area contributed by atoms with E-state index in [1.54, 1.807) is 24.4 Å². The Labute approximate surface area is 85.2 Å². The summed E-state index contributed by atoms with van der Waals surface area (Å²) >= 11 is 0. The monoisotopic (exact) mass is 209 g/mol. The number of hydrogen-bond donors (Lipinski definition) is 1. The SMILES string of the molecule is OCC(F)(F)c1ccc2cccnc2c1. The molecule has 2 rings (SSSR count). The van der Waals surface area contributed by atoms with Crippen LogP contribution in [0.15, 0.2) is 36.5 Å². The third-order valence-corrected chi connectivity index (χ3v) is 2.23. The van der Waals surface area contributed by atoms with Gasteiger partial charge in [-0.3, -0.25) is 4.98 Å². The highest BCUT2D eigenvalue weighted by atomic mass is 19.3. The second-order valence-corrected chi connectivity index (χ2v) is 3.27. The van der Waals surface area contributed by atoms with E-state index in [-0.39, 0.29) is 5.56 Å². The van der Waals surface area contributed by atoms with E-state index in [0.29, 0.717) is 5.52 Å². The van der Waals surface area contributed by atoms with Gasteiger partial charge in [0.2, 0.25) is 0 Å². The Balaban J connectivity index is 2.56. The summed E-state index contributed by atoms with van der Waals surface area (Å²) in [5.74, 6) is -3.20. The van der Waals surface area contributed by atoms with Gasteiger partial charge in [-0.2, -0.15) is 8.78 Å². The minimum absolute atomic E-state index is 0.212. The average molecular weight is 209 g/mol. The van der Waals surface area contributed by atoms with Gasteiger partial charge in [-0.15, -0.1) is 0 Å². The van der Waals surface area contributed by atoms with Crippen molar-refractivity contribution in [3.05, 3.63) is 42.1 Å². The van der Waals surface area contributed by atoms with Crippen LogP contribution in [0.1, 0.15) is 5.56 Å². The van der Waals surface area contributed by atoms with E-state index in [0.717, 1.165) is 5.39 Å². The van der Waals surface area contributed by atoms with Crippen molar-refractivity contribution in [2.24, 2.45) is 0 Å². The number of rotatable bonds is 2. The van der Waals surface area contributed by atoms with Gasteiger partial charge >= 0.3 is 0 Å². The molecule has 2 aromatic rings. The van der Waals surface area contributed by atoms with Crippen LogP contribution in [0.4, 0.5) is 8.78 Å². The Kier molecular flexibility index (Phi) is 2.36. The Morgan fingerprint density at radius 2 is 2.07 bits per heavy atom. The topological polar surface area (TPSA) is 33.1 Å². The number of aromatic nitrogens is 1. The summed E-state index contributed by atoms with van der Waals surface area (Å²) in [6, 6.07) is 7.71. The maximum absolute atomic E-state index is 13.1. The Morgan fingerprint density at radius 1 is 1.27 bits per heavy atom. The van der Waals surface area contributed by atoms with Gasteiger partial charge in [0.1, 0.15) is 6.61 Å². The van der Waals surface area contributed by atoms with E-state index in [9.17, 15) is 8.78 Å². The predicted molar refractivity (Wildman–Crippen MR) is 52.7 cm³/mol. The van der Waals surface area contributed by atoms with E-state index in [2.05, 4.69) is 4.98 Å². The first-order chi connectivity index (χ1) is 7.13. The molecule has 0 radical (unpaired) electrons. The van der Waals surface area contributed by atoms with E-state index in [1.807, 2.05) is 0 Å². The molecule has 0 bridgehead atoms. The van der Waals surface area contributed by atoms with Gasteiger partial charge < -0.3 is 5.11 Å². The predicted octanol–water partition coefficient (Wildman–Crippen LogP) is 2.32. The van der Waals surface area contributed by atoms with E-state index < -0.39 is 12.5 Å². The molecule has 0 amide bonds. The maximum Gasteiger partial charge on any atom is 0.295 e. The van der Waals surface area contributed by atoms with Crippen molar-refractivity contribution in [1.29, 1.82) is 0 Å². The van der Waals surface area contributed by atoms with Crippen molar-refractivity contribution >= 4 is 10.9 Å². The molecule has 0 fully saturated rings. The lowest BCUT2D eigenvalue weighted by atomic mass is 10.1. The molecule has 1 aromatic heterocycles. The van der Waals surface area contributed by atoms with Gasteiger partial charge in [-0.05, 0) is 12.1 Å². The van der Waals surface area contributed by atoms with E-state index in [4.69, 9.17) is 5.11 Å². The molecule has 1 N–H and O–H groups in total. The smallest absolute Gasteiger partial charge is 0.295 e. The van der Waals surface area contributed by atoms with Crippen LogP contribution in [-0.2, 0) is 5.92 Å². The summed E-state index contributed by atoms with van der Waals surface area (Å²) in [4.78, 5) is 3.97. The number of hydrogen-bond acceptors (Lipinski definition) is 2. The first-order valence-electron chi connectivity index (χ1n) is 4.47. The van der Waals surface area contributed by atoms with E-state index in [1.165, 1.54) is 12.1 Å². The van der Waals surface area contributed by atoms with Crippen LogP contribution in [0, 0.1) is 0 Å². The van der Waals surface area contributed by atoms with Crippen LogP contribution in [0.2, 0.25) is 0 Å². The maximum atomic E-state index is 13.1. The van der Waals surface area contributed by atoms with Crippen LogP contribution in [0.25, 0.3) is 10.9 Å². The fourth-order valence-corrected chi connectivity index (χ4v) is 1.39. The number of aliphatic hydroxyl groups is 1. The summed E-state index contributed by atoms with van der Waals surface area (Å²) in [5.41, 5.74) is 0.291. The van der Waals surface area contributed by atoms with Crippen molar-refractivity contribution < 1.29 is 13.9 Å². The average Bonchev–Trinajstić information content (AvgIpc) is 2.28. The molecule has 0 unspecified atom stereocenters. The van der Waals surface area contributed by atoms with Crippen LogP contribution in [0.5, 0.6) is 0 Å². The molecular weight excluding hydrogens is 200 g/mol. The molecule has 4 heteroatoms. The molecule has 0 aliphatic carbocycles. The van der Waals surface area contributed by atoms with Gasteiger partial charge in [-0.1, -0.05) is 18.2 Å². The summed E-state index contributed by atoms with van der Waals surface area (Å²) in [5, 5.41) is 9.35. The number of pyridine rings is 1. The largest absolute Gasteiger partial charge is 0.390 e. The second kappa shape index (κ2) is 3.55. The zero-order valence-electron chi connectivity index (χ0n) is 7.82. The third-order valence-electron chi connectivity index (χ3n) is 2.23. The van der Waals surface area contributed by atoms with Gasteiger partial charge in [0, 0.05) is 17.1 Å². The molecule has 1 heterocycles. The van der Waals surface area contributed by atoms with Crippen molar-refractivity contribution in [3.63, 3.8) is 0 Å². The fourth-order valence-electron chi connectivity index (χ4n) is 1.39. The third kappa shape index (κ3) is 1.80. The zero-order chi connectivity index (χ0) is 10.9. The molecular formula is C11H9F2NO. The number of benzene rings is 1. The summed E-state index contributed by atoms with van der Waals surface area (Å²) < 4.78 is 26.3. The normalized spacial score (nSPS) is 11.9. The Bertz CT molecular complexity index is 485. The molecule has 0 aliphatic rings. The van der Waals surface area contributed by atoms with E-state index >= 15 is 0 Å². The van der Waals surface area contributed by atoms with Crippen molar-refractivity contribution in [2.75, 3.05) is 6.61 Å². The zero-order valence-corrected chi connectivity index (χ0v) is 7.82. The quantitative estimate of drug-likeness (QED) is 0.823. The summed E-state index contributed by atoms with van der Waals surface area (Å²) in [6.45, 7) is -1.19. The molecule has 0 saturated carbocycles. The highest BCUT2D eigenvalue weighted by Gasteiger charge is 2.30. The number of alkyl halides is 2. The molecule has 0 spiro atoms. The molecule has 0 saturated heterocycles. The standard InChI is InChI=1S/C11H9F2NO/c12-11(13,7-15)9-4-3-8-2-1-5-14-10(8)6-9/h1-6,15H,7H2. The first-order valence-corrected chi connectivity index (χ1v) is 4.47. The minimum Gasteiger partial charge on any atom is -0.390 e. The van der Waals surface area contributed by atoms with Gasteiger partial charge in [-0.25, -0.2) is 0 Å². The van der Waals surface area contributed by atoms with Crippen molar-refractivity contribution in [3.8, 4) is 0 Å². The molecule has 0 atom stereocenters. The molecule has 1 aromatic carbocycles. The Hall–Kier alpha value is -1.55. The van der Waals surface area contributed by atoms with Crippen LogP contribution in [0.3, 0.4) is 0 Å². The van der Waals surface area contributed by atoms with Gasteiger partial charge in [0.25, 0.3) is 5.92 Å². The lowest BCUT2D eigenvalue weighted by Crippen LogP contribution is -2.18. The summed E-state index contributed by atoms with van der Waals surface area (Å²) in [6.07, 6.45) is 1.54. The van der Waals surface area contributed by atoms with Gasteiger partial charge in [0.15, 0.2) is 0 Å². The number of fused-ring (bicyclic) bond motifs is 1. The number of halogens is 2. The van der Waals surface area contributed by atoms with Gasteiger partial charge in [0.05, 0.1) is 5.52 Å². The Morgan fingerprint density at radius 3 is 2.80 bits per heavy atom. The molecule has 0 aliphatic heterocycles. The lowest BCUT2D eigenvalue weighted by Gasteiger charge is -2.13. The highest BCUT2D eigenvalue weighted by molar-refractivity contribution is 5.79. The molecule has 2 nitrogen and oxygen atoms in total. The number of nitrogens with zero attached hydrogens (tertiary/aromatic N) is 1. The number of aliphatic hydroxyl groups excluding tert-OH is 1. The van der Waals surface area contributed by atoms with Crippen LogP contribution in [-0.4, -0.2) is 16.7 Å². The first kappa shape index (κ1) is 9.98.